The Labute approximate surface area is 160 Å². The molecule has 0 radical (unpaired) electrons. The molecule has 1 rings (SSSR count). The number of alkyl carbamates (subject to hydrolysis) is 1. The standard InChI is InChI=1S/C18H30N3O5P/c1-5-19-17(22)16(11-14(2)3)21-27(24,25-4)13-20-18(23)26-12-15-9-7-6-8-10-15/h6-10,14,16H,5,11-13H2,1-4H3,(H,19,22)(H,20,23)(H,21,24)/t16-,27?/m0/s1. The quantitative estimate of drug-likeness (QED) is 0.494. The summed E-state index contributed by atoms with van der Waals surface area (Å²) in [5, 5.41) is 7.92. The number of hydrogen-bond acceptors (Lipinski definition) is 5. The van der Waals surface area contributed by atoms with Crippen molar-refractivity contribution in [3.8, 4) is 0 Å². The molecule has 0 aromatic heterocycles. The van der Waals surface area contributed by atoms with Crippen LogP contribution in [0, 0.1) is 5.92 Å². The first-order chi connectivity index (χ1) is 12.8. The molecule has 27 heavy (non-hydrogen) atoms. The van der Waals surface area contributed by atoms with Crippen LogP contribution in [0.15, 0.2) is 30.3 Å². The zero-order chi connectivity index (χ0) is 20.3. The molecular weight excluding hydrogens is 369 g/mol. The van der Waals surface area contributed by atoms with Crippen molar-refractivity contribution in [1.29, 1.82) is 0 Å². The van der Waals surface area contributed by atoms with Gasteiger partial charge in [0.15, 0.2) is 0 Å². The molecule has 0 aliphatic heterocycles. The number of carbonyl (C=O) groups is 2. The van der Waals surface area contributed by atoms with Crippen molar-refractivity contribution in [3.63, 3.8) is 0 Å². The van der Waals surface area contributed by atoms with Gasteiger partial charge in [0.1, 0.15) is 12.9 Å². The van der Waals surface area contributed by atoms with Gasteiger partial charge in [0.25, 0.3) is 7.52 Å². The Morgan fingerprint density at radius 2 is 1.81 bits per heavy atom. The second-order valence-electron chi connectivity index (χ2n) is 6.46. The Kier molecular flexibility index (Phi) is 10.1. The molecule has 0 bridgehead atoms. The molecule has 1 aromatic carbocycles. The van der Waals surface area contributed by atoms with Crippen LogP contribution in [0.4, 0.5) is 4.79 Å². The van der Waals surface area contributed by atoms with Gasteiger partial charge in [-0.3, -0.25) is 9.36 Å². The van der Waals surface area contributed by atoms with Crippen molar-refractivity contribution < 1.29 is 23.4 Å². The molecule has 9 heteroatoms. The van der Waals surface area contributed by atoms with E-state index in [9.17, 15) is 14.2 Å². The highest BCUT2D eigenvalue weighted by atomic mass is 31.2. The van der Waals surface area contributed by atoms with Crippen LogP contribution in [0.5, 0.6) is 0 Å². The smallest absolute Gasteiger partial charge is 0.407 e. The molecule has 0 saturated heterocycles. The first kappa shape index (κ1) is 23.1. The fourth-order valence-electron chi connectivity index (χ4n) is 2.33. The van der Waals surface area contributed by atoms with Crippen LogP contribution in [-0.2, 0) is 25.2 Å². The molecule has 0 heterocycles. The number of amides is 2. The van der Waals surface area contributed by atoms with Gasteiger partial charge >= 0.3 is 6.09 Å². The summed E-state index contributed by atoms with van der Waals surface area (Å²) in [5.74, 6) is -0.0469. The van der Waals surface area contributed by atoms with E-state index in [0.29, 0.717) is 13.0 Å². The lowest BCUT2D eigenvalue weighted by Crippen LogP contribution is -2.45. The third-order valence-corrected chi connectivity index (χ3v) is 5.54. The molecule has 8 nitrogen and oxygen atoms in total. The maximum atomic E-state index is 12.9. The zero-order valence-corrected chi connectivity index (χ0v) is 17.3. The topological polar surface area (TPSA) is 106 Å². The molecular formula is C18H30N3O5P. The molecule has 1 unspecified atom stereocenters. The minimum atomic E-state index is -3.46. The van der Waals surface area contributed by atoms with E-state index >= 15 is 0 Å². The third kappa shape index (κ3) is 9.04. The first-order valence-corrected chi connectivity index (χ1v) is 10.8. The molecule has 0 aliphatic carbocycles. The van der Waals surface area contributed by atoms with E-state index in [1.807, 2.05) is 51.1 Å². The van der Waals surface area contributed by atoms with Crippen LogP contribution in [0.2, 0.25) is 0 Å². The van der Waals surface area contributed by atoms with Gasteiger partial charge in [-0.2, -0.15) is 0 Å². The second kappa shape index (κ2) is 11.7. The molecule has 3 N–H and O–H groups in total. The van der Waals surface area contributed by atoms with Gasteiger partial charge in [-0.25, -0.2) is 9.88 Å². The Balaban J connectivity index is 2.60. The molecule has 2 amide bonds. The van der Waals surface area contributed by atoms with Crippen molar-refractivity contribution in [2.75, 3.05) is 19.9 Å². The van der Waals surface area contributed by atoms with E-state index in [-0.39, 0.29) is 24.7 Å². The number of hydrogen-bond donors (Lipinski definition) is 3. The van der Waals surface area contributed by atoms with E-state index in [1.54, 1.807) is 0 Å². The minimum Gasteiger partial charge on any atom is -0.445 e. The summed E-state index contributed by atoms with van der Waals surface area (Å²) in [4.78, 5) is 24.1. The summed E-state index contributed by atoms with van der Waals surface area (Å²) >= 11 is 0. The van der Waals surface area contributed by atoms with Gasteiger partial charge in [-0.15, -0.1) is 0 Å². The number of likely N-dealkylation sites (N-methyl/N-ethyl adjacent to an activating group) is 1. The van der Waals surface area contributed by atoms with Crippen molar-refractivity contribution >= 4 is 19.5 Å². The maximum Gasteiger partial charge on any atom is 0.407 e. The molecule has 1 aromatic rings. The van der Waals surface area contributed by atoms with E-state index in [0.717, 1.165) is 5.56 Å². The van der Waals surface area contributed by atoms with E-state index in [4.69, 9.17) is 9.26 Å². The Morgan fingerprint density at radius 3 is 2.37 bits per heavy atom. The number of ether oxygens (including phenoxy) is 1. The first-order valence-electron chi connectivity index (χ1n) is 8.94. The summed E-state index contributed by atoms with van der Waals surface area (Å²) in [7, 11) is -2.19. The van der Waals surface area contributed by atoms with Crippen molar-refractivity contribution in [1.82, 2.24) is 15.7 Å². The predicted molar refractivity (Wildman–Crippen MR) is 104 cm³/mol. The highest BCUT2D eigenvalue weighted by Gasteiger charge is 2.30. The van der Waals surface area contributed by atoms with Crippen molar-refractivity contribution in [2.45, 2.75) is 39.8 Å². The summed E-state index contributed by atoms with van der Waals surface area (Å²) in [6.07, 6.45) is -0.515. The van der Waals surface area contributed by atoms with Gasteiger partial charge < -0.3 is 19.9 Å². The summed E-state index contributed by atoms with van der Waals surface area (Å²) in [6, 6.07) is 8.53. The Hall–Kier alpha value is -1.89. The summed E-state index contributed by atoms with van der Waals surface area (Å²) < 4.78 is 23.1. The molecule has 0 spiro atoms. The fourth-order valence-corrected chi connectivity index (χ4v) is 3.69. The van der Waals surface area contributed by atoms with Gasteiger partial charge in [-0.1, -0.05) is 44.2 Å². The lowest BCUT2D eigenvalue weighted by Gasteiger charge is -2.25. The van der Waals surface area contributed by atoms with Gasteiger partial charge in [0.2, 0.25) is 5.91 Å². The van der Waals surface area contributed by atoms with Crippen molar-refractivity contribution in [3.05, 3.63) is 35.9 Å². The molecule has 0 aliphatic rings. The fraction of sp³-hybridized carbons (Fsp3) is 0.556. The van der Waals surface area contributed by atoms with Crippen LogP contribution in [0.3, 0.4) is 0 Å². The molecule has 0 saturated carbocycles. The lowest BCUT2D eigenvalue weighted by atomic mass is 10.0. The van der Waals surface area contributed by atoms with E-state index in [1.165, 1.54) is 7.11 Å². The molecule has 0 fully saturated rings. The largest absolute Gasteiger partial charge is 0.445 e. The lowest BCUT2D eigenvalue weighted by molar-refractivity contribution is -0.123. The molecule has 2 atom stereocenters. The normalized spacial score (nSPS) is 14.3. The highest BCUT2D eigenvalue weighted by molar-refractivity contribution is 7.56. The number of carbonyl (C=O) groups excluding carboxylic acids is 2. The van der Waals surface area contributed by atoms with Crippen LogP contribution in [0.25, 0.3) is 0 Å². The monoisotopic (exact) mass is 399 g/mol. The Morgan fingerprint density at radius 1 is 1.15 bits per heavy atom. The SMILES string of the molecule is CCNC(=O)[C@H](CC(C)C)NP(=O)(CNC(=O)OCc1ccccc1)OC. The summed E-state index contributed by atoms with van der Waals surface area (Å²) in [5.41, 5.74) is 0.842. The predicted octanol–water partition coefficient (Wildman–Crippen LogP) is 2.85. The maximum absolute atomic E-state index is 12.9. The summed E-state index contributed by atoms with van der Waals surface area (Å²) in [6.45, 7) is 6.31. The van der Waals surface area contributed by atoms with Crippen LogP contribution in [0.1, 0.15) is 32.8 Å². The zero-order valence-electron chi connectivity index (χ0n) is 16.4. The Bertz CT molecular complexity index is 639. The van der Waals surface area contributed by atoms with Crippen molar-refractivity contribution in [2.24, 2.45) is 5.92 Å². The highest BCUT2D eigenvalue weighted by Crippen LogP contribution is 2.41. The van der Waals surface area contributed by atoms with Gasteiger partial charge in [0.05, 0.1) is 6.04 Å². The third-order valence-electron chi connectivity index (χ3n) is 3.67. The van der Waals surface area contributed by atoms with Crippen LogP contribution in [-0.4, -0.2) is 38.0 Å². The van der Waals surface area contributed by atoms with E-state index < -0.39 is 19.7 Å². The number of nitrogens with one attached hydrogen (secondary N) is 3. The molecule has 152 valence electrons. The van der Waals surface area contributed by atoms with E-state index in [2.05, 4.69) is 15.7 Å². The van der Waals surface area contributed by atoms with Gasteiger partial charge in [0, 0.05) is 13.7 Å². The average molecular weight is 399 g/mol. The number of rotatable bonds is 11. The minimum absolute atomic E-state index is 0.103. The number of benzene rings is 1. The second-order valence-corrected chi connectivity index (χ2v) is 8.74. The van der Waals surface area contributed by atoms with Crippen LogP contribution >= 0.6 is 7.52 Å². The van der Waals surface area contributed by atoms with Gasteiger partial charge in [-0.05, 0) is 24.8 Å². The van der Waals surface area contributed by atoms with Crippen LogP contribution < -0.4 is 15.7 Å². The average Bonchev–Trinajstić information content (AvgIpc) is 2.65.